The number of aromatic nitrogens is 1. The minimum Gasteiger partial charge on any atom is -0.481 e. The Kier molecular flexibility index (Phi) is 11.1. The van der Waals surface area contributed by atoms with Crippen molar-refractivity contribution in [2.24, 2.45) is 4.99 Å². The third kappa shape index (κ3) is 7.92. The molecule has 1 aromatic heterocycles. The van der Waals surface area contributed by atoms with Crippen LogP contribution in [0, 0.1) is 5.82 Å². The lowest BCUT2D eigenvalue weighted by Gasteiger charge is -2.12. The van der Waals surface area contributed by atoms with Gasteiger partial charge in [0.2, 0.25) is 5.88 Å². The van der Waals surface area contributed by atoms with Crippen LogP contribution in [-0.2, 0) is 18.8 Å². The Labute approximate surface area is 181 Å². The van der Waals surface area contributed by atoms with Crippen molar-refractivity contribution in [1.82, 2.24) is 15.6 Å². The van der Waals surface area contributed by atoms with Gasteiger partial charge in [0, 0.05) is 18.4 Å². The summed E-state index contributed by atoms with van der Waals surface area (Å²) in [5.41, 5.74) is 2.86. The fourth-order valence-corrected chi connectivity index (χ4v) is 2.97. The molecule has 0 fully saturated rings. The minimum atomic E-state index is -0.212. The largest absolute Gasteiger partial charge is 0.481 e. The highest BCUT2D eigenvalue weighted by Crippen LogP contribution is 2.17. The van der Waals surface area contributed by atoms with E-state index in [1.54, 1.807) is 31.0 Å². The maximum atomic E-state index is 13.5. The van der Waals surface area contributed by atoms with Crippen molar-refractivity contribution in [3.05, 3.63) is 59.0 Å². The second-order valence-electron chi connectivity index (χ2n) is 5.57. The van der Waals surface area contributed by atoms with Crippen molar-refractivity contribution in [1.29, 1.82) is 0 Å². The Hall–Kier alpha value is -1.55. The minimum absolute atomic E-state index is 0. The van der Waals surface area contributed by atoms with Gasteiger partial charge in [0.25, 0.3) is 0 Å². The van der Waals surface area contributed by atoms with E-state index in [1.807, 2.05) is 31.4 Å². The molecule has 0 unspecified atom stereocenters. The van der Waals surface area contributed by atoms with E-state index >= 15 is 0 Å². The molecule has 8 heteroatoms. The van der Waals surface area contributed by atoms with Gasteiger partial charge in [-0.05, 0) is 42.5 Å². The van der Waals surface area contributed by atoms with Crippen LogP contribution in [-0.4, -0.2) is 30.9 Å². The number of hydrogen-bond donors (Lipinski definition) is 2. The van der Waals surface area contributed by atoms with Crippen LogP contribution in [0.2, 0.25) is 0 Å². The lowest BCUT2D eigenvalue weighted by atomic mass is 10.1. The quantitative estimate of drug-likeness (QED) is 0.324. The first-order chi connectivity index (χ1) is 12.7. The fraction of sp³-hybridized carbons (Fsp3) is 0.368. The van der Waals surface area contributed by atoms with Gasteiger partial charge >= 0.3 is 0 Å². The van der Waals surface area contributed by atoms with E-state index < -0.39 is 0 Å². The average Bonchev–Trinajstić information content (AvgIpc) is 2.65. The molecule has 2 rings (SSSR count). The first kappa shape index (κ1) is 23.5. The van der Waals surface area contributed by atoms with E-state index in [0.717, 1.165) is 29.1 Å². The zero-order valence-corrected chi connectivity index (χ0v) is 18.9. The van der Waals surface area contributed by atoms with Crippen molar-refractivity contribution in [3.63, 3.8) is 0 Å². The summed E-state index contributed by atoms with van der Waals surface area (Å²) in [6.45, 7) is 3.78. The number of rotatable bonds is 8. The van der Waals surface area contributed by atoms with Crippen LogP contribution in [0.15, 0.2) is 41.4 Å². The fourth-order valence-electron chi connectivity index (χ4n) is 2.39. The van der Waals surface area contributed by atoms with Gasteiger partial charge in [-0.2, -0.15) is 11.8 Å². The number of nitrogens with one attached hydrogen (secondary N) is 2. The van der Waals surface area contributed by atoms with Gasteiger partial charge in [0.15, 0.2) is 5.96 Å². The molecule has 5 nitrogen and oxygen atoms in total. The van der Waals surface area contributed by atoms with Gasteiger partial charge in [-0.25, -0.2) is 14.4 Å². The van der Waals surface area contributed by atoms with Crippen molar-refractivity contribution in [2.45, 2.75) is 25.8 Å². The average molecular weight is 504 g/mol. The second kappa shape index (κ2) is 12.8. The predicted molar refractivity (Wildman–Crippen MR) is 121 cm³/mol. The van der Waals surface area contributed by atoms with E-state index in [4.69, 9.17) is 4.74 Å². The lowest BCUT2D eigenvalue weighted by molar-refractivity contribution is 0.396. The molecule has 1 heterocycles. The molecule has 0 amide bonds. The highest BCUT2D eigenvalue weighted by molar-refractivity contribution is 14.0. The molecule has 0 saturated carbocycles. The van der Waals surface area contributed by atoms with Crippen molar-refractivity contribution < 1.29 is 9.13 Å². The molecule has 0 aliphatic heterocycles. The molecule has 0 spiro atoms. The molecule has 0 saturated heterocycles. The normalized spacial score (nSPS) is 10.9. The maximum absolute atomic E-state index is 13.5. The summed E-state index contributed by atoms with van der Waals surface area (Å²) in [6.07, 6.45) is 2.00. The SMILES string of the molecule is CCNC(=NCc1ccc(F)cc1CSC)NCc1cccc(OC)n1.I. The van der Waals surface area contributed by atoms with E-state index in [1.165, 1.54) is 6.07 Å². The Morgan fingerprint density at radius 3 is 2.74 bits per heavy atom. The van der Waals surface area contributed by atoms with Crippen molar-refractivity contribution in [2.75, 3.05) is 19.9 Å². The smallest absolute Gasteiger partial charge is 0.213 e. The first-order valence-corrected chi connectivity index (χ1v) is 9.84. The Morgan fingerprint density at radius 2 is 2.04 bits per heavy atom. The first-order valence-electron chi connectivity index (χ1n) is 8.44. The Morgan fingerprint density at radius 1 is 1.22 bits per heavy atom. The molecule has 2 N–H and O–H groups in total. The number of benzene rings is 1. The van der Waals surface area contributed by atoms with Gasteiger partial charge in [0.05, 0.1) is 25.9 Å². The number of aliphatic imine (C=N–C) groups is 1. The summed E-state index contributed by atoms with van der Waals surface area (Å²) in [4.78, 5) is 9.00. The van der Waals surface area contributed by atoms with E-state index in [-0.39, 0.29) is 29.8 Å². The summed E-state index contributed by atoms with van der Waals surface area (Å²) in [6, 6.07) is 10.5. The van der Waals surface area contributed by atoms with Crippen LogP contribution in [0.4, 0.5) is 4.39 Å². The van der Waals surface area contributed by atoms with Gasteiger partial charge in [-0.1, -0.05) is 12.1 Å². The molecule has 0 aliphatic rings. The van der Waals surface area contributed by atoms with Crippen LogP contribution < -0.4 is 15.4 Å². The van der Waals surface area contributed by atoms with Crippen molar-refractivity contribution in [3.8, 4) is 5.88 Å². The number of hydrogen-bond acceptors (Lipinski definition) is 4. The van der Waals surface area contributed by atoms with E-state index in [9.17, 15) is 4.39 Å². The second-order valence-corrected chi connectivity index (χ2v) is 6.43. The van der Waals surface area contributed by atoms with Gasteiger partial charge in [-0.15, -0.1) is 24.0 Å². The van der Waals surface area contributed by atoms with Crippen LogP contribution in [0.5, 0.6) is 5.88 Å². The number of pyridine rings is 1. The maximum Gasteiger partial charge on any atom is 0.213 e. The topological polar surface area (TPSA) is 58.5 Å². The standard InChI is InChI=1S/C19H25FN4OS.HI/c1-4-21-19(23-12-17-6-5-7-18(24-17)25-2)22-11-14-8-9-16(20)10-15(14)13-26-3;/h5-10H,4,11-13H2,1-3H3,(H2,21,22,23);1H. The molecule has 1 aromatic carbocycles. The lowest BCUT2D eigenvalue weighted by Crippen LogP contribution is -2.37. The molecular formula is C19H26FIN4OS. The predicted octanol–water partition coefficient (Wildman–Crippen LogP) is 3.97. The summed E-state index contributed by atoms with van der Waals surface area (Å²) >= 11 is 1.67. The third-order valence-corrected chi connectivity index (χ3v) is 4.25. The zero-order chi connectivity index (χ0) is 18.8. The Bertz CT molecular complexity index is 745. The van der Waals surface area contributed by atoms with E-state index in [0.29, 0.717) is 24.9 Å². The zero-order valence-electron chi connectivity index (χ0n) is 15.8. The summed E-state index contributed by atoms with van der Waals surface area (Å²) in [7, 11) is 1.60. The highest BCUT2D eigenvalue weighted by Gasteiger charge is 2.05. The molecule has 148 valence electrons. The molecule has 2 aromatic rings. The number of methoxy groups -OCH3 is 1. The third-order valence-electron chi connectivity index (χ3n) is 3.65. The number of nitrogens with zero attached hydrogens (tertiary/aromatic N) is 2. The molecule has 27 heavy (non-hydrogen) atoms. The highest BCUT2D eigenvalue weighted by atomic mass is 127. The summed E-state index contributed by atoms with van der Waals surface area (Å²) in [5, 5.41) is 6.48. The van der Waals surface area contributed by atoms with Crippen molar-refractivity contribution >= 4 is 41.7 Å². The number of thioether (sulfide) groups is 1. The molecule has 0 bridgehead atoms. The Balaban J connectivity index is 0.00000364. The molecule has 0 radical (unpaired) electrons. The van der Waals surface area contributed by atoms with Crippen LogP contribution in [0.3, 0.4) is 0 Å². The molecule has 0 aliphatic carbocycles. The van der Waals surface area contributed by atoms with Crippen LogP contribution >= 0.6 is 35.7 Å². The monoisotopic (exact) mass is 504 g/mol. The number of guanidine groups is 1. The van der Waals surface area contributed by atoms with E-state index in [2.05, 4.69) is 20.6 Å². The summed E-state index contributed by atoms with van der Waals surface area (Å²) in [5.74, 6) is 1.83. The van der Waals surface area contributed by atoms with Gasteiger partial charge < -0.3 is 15.4 Å². The molecule has 0 atom stereocenters. The van der Waals surface area contributed by atoms with Crippen LogP contribution in [0.25, 0.3) is 0 Å². The summed E-state index contributed by atoms with van der Waals surface area (Å²) < 4.78 is 18.6. The van der Waals surface area contributed by atoms with Gasteiger partial charge in [-0.3, -0.25) is 0 Å². The number of ether oxygens (including phenoxy) is 1. The number of halogens is 2. The van der Waals surface area contributed by atoms with Gasteiger partial charge in [0.1, 0.15) is 5.82 Å². The molecular weight excluding hydrogens is 478 g/mol. The van der Waals surface area contributed by atoms with Crippen LogP contribution in [0.1, 0.15) is 23.7 Å².